The fourth-order valence-electron chi connectivity index (χ4n) is 3.45. The predicted molar refractivity (Wildman–Crippen MR) is 90.1 cm³/mol. The maximum Gasteiger partial charge on any atom is 0.0899 e. The van der Waals surface area contributed by atoms with Gasteiger partial charge in [0.1, 0.15) is 0 Å². The highest BCUT2D eigenvalue weighted by molar-refractivity contribution is 5.23. The van der Waals surface area contributed by atoms with Crippen molar-refractivity contribution in [2.24, 2.45) is 11.8 Å². The summed E-state index contributed by atoms with van der Waals surface area (Å²) in [6.45, 7) is 14.2. The molecule has 1 aliphatic rings. The van der Waals surface area contributed by atoms with Crippen LogP contribution in [0.5, 0.6) is 0 Å². The Bertz CT molecular complexity index is 429. The van der Waals surface area contributed by atoms with E-state index in [1.165, 1.54) is 5.57 Å². The van der Waals surface area contributed by atoms with Crippen LogP contribution in [0, 0.1) is 11.8 Å². The second-order valence-electron chi connectivity index (χ2n) is 7.21. The van der Waals surface area contributed by atoms with E-state index in [9.17, 15) is 10.2 Å². The monoisotopic (exact) mass is 292 g/mol. The molecule has 0 spiro atoms. The van der Waals surface area contributed by atoms with E-state index in [-0.39, 0.29) is 5.92 Å². The van der Waals surface area contributed by atoms with Crippen molar-refractivity contribution in [2.45, 2.75) is 72.0 Å². The largest absolute Gasteiger partial charge is 0.389 e. The molecule has 2 heteroatoms. The number of aliphatic hydroxyl groups excluding tert-OH is 1. The zero-order chi connectivity index (χ0) is 16.2. The lowest BCUT2D eigenvalue weighted by molar-refractivity contribution is -0.0308. The van der Waals surface area contributed by atoms with Gasteiger partial charge in [0.25, 0.3) is 0 Å². The standard InChI is InChI=1S/C19H32O2/c1-13(2)8-7-9-15(5)17-10-18(20)16(6)12-19(17,21)11-14(3)4/h8,12,15,17-18,20-21H,3,7,9-11H2,1-2,4-6H3/t15-,17?,18?,19?/m1/s1. The third kappa shape index (κ3) is 5.12. The second kappa shape index (κ2) is 7.42. The van der Waals surface area contributed by atoms with E-state index < -0.39 is 11.7 Å². The molecule has 0 aromatic rings. The van der Waals surface area contributed by atoms with Gasteiger partial charge in [-0.3, -0.25) is 0 Å². The maximum absolute atomic E-state index is 11.1. The molecule has 2 nitrogen and oxygen atoms in total. The van der Waals surface area contributed by atoms with Gasteiger partial charge in [-0.15, -0.1) is 6.58 Å². The Kier molecular flexibility index (Phi) is 6.42. The first-order chi connectivity index (χ1) is 9.65. The van der Waals surface area contributed by atoms with Crippen LogP contribution in [0.1, 0.15) is 60.3 Å². The van der Waals surface area contributed by atoms with Crippen LogP contribution in [0.25, 0.3) is 0 Å². The summed E-state index contributed by atoms with van der Waals surface area (Å²) in [7, 11) is 0. The lowest BCUT2D eigenvalue weighted by atomic mass is 9.67. The molecule has 1 rings (SSSR count). The molecule has 120 valence electrons. The number of allylic oxidation sites excluding steroid dienone is 2. The predicted octanol–water partition coefficient (Wildman–Crippen LogP) is 4.39. The minimum atomic E-state index is -0.862. The van der Waals surface area contributed by atoms with E-state index in [1.807, 2.05) is 19.9 Å². The van der Waals surface area contributed by atoms with Crippen LogP contribution in [0.4, 0.5) is 0 Å². The molecule has 2 N–H and O–H groups in total. The molecule has 0 saturated carbocycles. The Hall–Kier alpha value is -0.860. The normalized spacial score (nSPS) is 30.5. The fourth-order valence-corrected chi connectivity index (χ4v) is 3.45. The molecule has 4 atom stereocenters. The van der Waals surface area contributed by atoms with E-state index in [2.05, 4.69) is 33.4 Å². The van der Waals surface area contributed by atoms with Crippen molar-refractivity contribution < 1.29 is 10.2 Å². The van der Waals surface area contributed by atoms with Crippen LogP contribution in [0.15, 0.2) is 35.5 Å². The van der Waals surface area contributed by atoms with Gasteiger partial charge in [0.15, 0.2) is 0 Å². The molecule has 0 heterocycles. The van der Waals surface area contributed by atoms with Crippen molar-refractivity contribution >= 4 is 0 Å². The van der Waals surface area contributed by atoms with Gasteiger partial charge in [0, 0.05) is 6.42 Å². The van der Waals surface area contributed by atoms with Crippen LogP contribution >= 0.6 is 0 Å². The first-order valence-electron chi connectivity index (χ1n) is 8.03. The van der Waals surface area contributed by atoms with Gasteiger partial charge in [0.2, 0.25) is 0 Å². The molecular formula is C19H32O2. The van der Waals surface area contributed by atoms with Crippen molar-refractivity contribution in [1.29, 1.82) is 0 Å². The lowest BCUT2D eigenvalue weighted by Crippen LogP contribution is -2.45. The van der Waals surface area contributed by atoms with Crippen LogP contribution in [0.3, 0.4) is 0 Å². The molecule has 0 aromatic heterocycles. The molecule has 0 aliphatic heterocycles. The summed E-state index contributed by atoms with van der Waals surface area (Å²) < 4.78 is 0. The zero-order valence-electron chi connectivity index (χ0n) is 14.3. The SMILES string of the molecule is C=C(C)CC1(O)C=C(C)C(O)CC1[C@H](C)CCC=C(C)C. The van der Waals surface area contributed by atoms with Gasteiger partial charge in [-0.05, 0) is 64.4 Å². The quantitative estimate of drug-likeness (QED) is 0.713. The Morgan fingerprint density at radius 3 is 2.62 bits per heavy atom. The molecule has 0 saturated heterocycles. The Morgan fingerprint density at radius 2 is 2.10 bits per heavy atom. The van der Waals surface area contributed by atoms with Crippen molar-refractivity contribution in [1.82, 2.24) is 0 Å². The number of aliphatic hydroxyl groups is 2. The molecule has 1 aliphatic carbocycles. The van der Waals surface area contributed by atoms with E-state index in [0.717, 1.165) is 24.0 Å². The summed E-state index contributed by atoms with van der Waals surface area (Å²) in [5.41, 5.74) is 2.34. The Morgan fingerprint density at radius 1 is 1.48 bits per heavy atom. The van der Waals surface area contributed by atoms with Crippen LogP contribution in [-0.4, -0.2) is 21.9 Å². The van der Waals surface area contributed by atoms with Gasteiger partial charge in [-0.1, -0.05) is 30.2 Å². The maximum atomic E-state index is 11.1. The van der Waals surface area contributed by atoms with E-state index >= 15 is 0 Å². The summed E-state index contributed by atoms with van der Waals surface area (Å²) >= 11 is 0. The number of hydrogen-bond donors (Lipinski definition) is 2. The van der Waals surface area contributed by atoms with Gasteiger partial charge in [0.05, 0.1) is 11.7 Å². The molecule has 0 fully saturated rings. The van der Waals surface area contributed by atoms with E-state index in [1.54, 1.807) is 0 Å². The molecule has 0 radical (unpaired) electrons. The van der Waals surface area contributed by atoms with Crippen molar-refractivity contribution in [2.75, 3.05) is 0 Å². The third-order valence-electron chi connectivity index (χ3n) is 4.57. The first-order valence-corrected chi connectivity index (χ1v) is 8.03. The molecule has 21 heavy (non-hydrogen) atoms. The lowest BCUT2D eigenvalue weighted by Gasteiger charge is -2.43. The average Bonchev–Trinajstić information content (AvgIpc) is 2.32. The van der Waals surface area contributed by atoms with Gasteiger partial charge < -0.3 is 10.2 Å². The number of hydrogen-bond acceptors (Lipinski definition) is 2. The van der Waals surface area contributed by atoms with Crippen LogP contribution in [0.2, 0.25) is 0 Å². The highest BCUT2D eigenvalue weighted by Gasteiger charge is 2.42. The van der Waals surface area contributed by atoms with Crippen molar-refractivity contribution in [3.8, 4) is 0 Å². The van der Waals surface area contributed by atoms with Crippen LogP contribution < -0.4 is 0 Å². The van der Waals surface area contributed by atoms with Gasteiger partial charge in [-0.2, -0.15) is 0 Å². The minimum absolute atomic E-state index is 0.0819. The van der Waals surface area contributed by atoms with Gasteiger partial charge in [-0.25, -0.2) is 0 Å². The molecular weight excluding hydrogens is 260 g/mol. The highest BCUT2D eigenvalue weighted by atomic mass is 16.3. The molecule has 3 unspecified atom stereocenters. The Labute approximate surface area is 130 Å². The fraction of sp³-hybridized carbons (Fsp3) is 0.684. The highest BCUT2D eigenvalue weighted by Crippen LogP contribution is 2.42. The van der Waals surface area contributed by atoms with Crippen LogP contribution in [-0.2, 0) is 0 Å². The molecule has 0 aromatic carbocycles. The minimum Gasteiger partial charge on any atom is -0.389 e. The molecule has 0 amide bonds. The topological polar surface area (TPSA) is 40.5 Å². The van der Waals surface area contributed by atoms with Crippen molar-refractivity contribution in [3.63, 3.8) is 0 Å². The van der Waals surface area contributed by atoms with E-state index in [0.29, 0.717) is 18.8 Å². The number of rotatable bonds is 6. The average molecular weight is 292 g/mol. The van der Waals surface area contributed by atoms with Crippen molar-refractivity contribution in [3.05, 3.63) is 35.5 Å². The van der Waals surface area contributed by atoms with Gasteiger partial charge >= 0.3 is 0 Å². The Balaban J connectivity index is 2.90. The second-order valence-corrected chi connectivity index (χ2v) is 7.21. The summed E-state index contributed by atoms with van der Waals surface area (Å²) in [6, 6.07) is 0. The summed E-state index contributed by atoms with van der Waals surface area (Å²) in [5.74, 6) is 0.447. The van der Waals surface area contributed by atoms with E-state index in [4.69, 9.17) is 0 Å². The summed E-state index contributed by atoms with van der Waals surface area (Å²) in [4.78, 5) is 0. The smallest absolute Gasteiger partial charge is 0.0899 e. The zero-order valence-corrected chi connectivity index (χ0v) is 14.3. The summed E-state index contributed by atoms with van der Waals surface area (Å²) in [5, 5.41) is 21.3. The molecule has 0 bridgehead atoms. The summed E-state index contributed by atoms with van der Waals surface area (Å²) in [6.07, 6.45) is 6.98. The third-order valence-corrected chi connectivity index (χ3v) is 4.57. The first kappa shape index (κ1) is 18.2.